The second-order valence-electron chi connectivity index (χ2n) is 11.6. The van der Waals surface area contributed by atoms with Gasteiger partial charge in [-0.05, 0) is 45.2 Å². The quantitative estimate of drug-likeness (QED) is 0.387. The molecule has 1 saturated heterocycles. The fourth-order valence-electron chi connectivity index (χ4n) is 4.74. The summed E-state index contributed by atoms with van der Waals surface area (Å²) in [5.41, 5.74) is 9.16. The first-order valence-corrected chi connectivity index (χ1v) is 13.6. The zero-order valence-corrected chi connectivity index (χ0v) is 24.0. The van der Waals surface area contributed by atoms with Crippen molar-refractivity contribution in [2.75, 3.05) is 18.4 Å². The first-order chi connectivity index (χ1) is 18.9. The lowest BCUT2D eigenvalue weighted by molar-refractivity contribution is -0.124. The van der Waals surface area contributed by atoms with Gasteiger partial charge in [-0.1, -0.05) is 26.8 Å². The predicted molar refractivity (Wildman–Crippen MR) is 153 cm³/mol. The Morgan fingerprint density at radius 3 is 2.50 bits per heavy atom. The molecular formula is C29H39N7O4. The topological polar surface area (TPSA) is 144 Å². The van der Waals surface area contributed by atoms with E-state index in [1.807, 2.05) is 59.0 Å². The molecule has 0 bridgehead atoms. The Labute approximate surface area is 234 Å². The number of anilines is 1. The third-order valence-electron chi connectivity index (χ3n) is 6.98. The van der Waals surface area contributed by atoms with E-state index in [1.165, 1.54) is 6.20 Å². The molecule has 4 heterocycles. The van der Waals surface area contributed by atoms with E-state index < -0.39 is 11.5 Å². The van der Waals surface area contributed by atoms with Crippen LogP contribution in [0, 0.1) is 11.8 Å². The first-order valence-electron chi connectivity index (χ1n) is 13.6. The van der Waals surface area contributed by atoms with Crippen molar-refractivity contribution in [2.24, 2.45) is 17.6 Å². The van der Waals surface area contributed by atoms with Crippen molar-refractivity contribution < 1.29 is 19.1 Å². The second-order valence-corrected chi connectivity index (χ2v) is 11.6. The molecule has 0 aliphatic carbocycles. The number of carbonyl (C=O) groups is 3. The van der Waals surface area contributed by atoms with Crippen molar-refractivity contribution in [3.8, 4) is 11.1 Å². The molecule has 3 aromatic heterocycles. The Balaban J connectivity index is 1.60. The van der Waals surface area contributed by atoms with Crippen LogP contribution < -0.4 is 16.4 Å². The molecule has 1 aliphatic heterocycles. The number of amides is 3. The fraction of sp³-hybridized carbons (Fsp3) is 0.483. The Morgan fingerprint density at radius 2 is 1.90 bits per heavy atom. The number of carbonyl (C=O) groups excluding carboxylic acids is 3. The Kier molecular flexibility index (Phi) is 8.32. The molecule has 40 heavy (non-hydrogen) atoms. The number of primary amides is 1. The van der Waals surface area contributed by atoms with Gasteiger partial charge in [0.25, 0.3) is 5.91 Å². The SMILES string of the molecule is CC[C@H]1CN(C(=O)OC(C)(C)C)C[C@H]1Nc1c(C(N)=O)cnn2cc(-c3ccc(CNC(=O)C(C)C)nc3)cc12. The average molecular weight is 550 g/mol. The van der Waals surface area contributed by atoms with Gasteiger partial charge in [0.05, 0.1) is 35.2 Å². The van der Waals surface area contributed by atoms with Crippen molar-refractivity contribution in [3.05, 3.63) is 48.0 Å². The minimum absolute atomic E-state index is 0.0253. The maximum atomic E-state index is 12.8. The van der Waals surface area contributed by atoms with Crippen molar-refractivity contribution in [1.29, 1.82) is 0 Å². The Hall–Kier alpha value is -4.15. The summed E-state index contributed by atoms with van der Waals surface area (Å²) in [5, 5.41) is 10.8. The summed E-state index contributed by atoms with van der Waals surface area (Å²) in [6.45, 7) is 12.6. The number of nitrogens with one attached hydrogen (secondary N) is 2. The van der Waals surface area contributed by atoms with Gasteiger partial charge in [-0.25, -0.2) is 9.31 Å². The van der Waals surface area contributed by atoms with Gasteiger partial charge in [0, 0.05) is 48.6 Å². The number of pyridine rings is 1. The number of nitrogens with two attached hydrogens (primary N) is 1. The molecule has 0 spiro atoms. The molecule has 1 aliphatic rings. The maximum absolute atomic E-state index is 12.8. The van der Waals surface area contributed by atoms with E-state index in [-0.39, 0.29) is 35.4 Å². The second kappa shape index (κ2) is 11.5. The summed E-state index contributed by atoms with van der Waals surface area (Å²) in [6, 6.07) is 5.63. The number of hydrogen-bond acceptors (Lipinski definition) is 7. The minimum Gasteiger partial charge on any atom is -0.444 e. The number of ether oxygens (including phenoxy) is 1. The van der Waals surface area contributed by atoms with Crippen molar-refractivity contribution in [1.82, 2.24) is 24.8 Å². The van der Waals surface area contributed by atoms with Crippen LogP contribution in [-0.4, -0.2) is 62.1 Å². The molecule has 0 radical (unpaired) electrons. The van der Waals surface area contributed by atoms with Crippen LogP contribution in [0.4, 0.5) is 10.5 Å². The van der Waals surface area contributed by atoms with Gasteiger partial charge in [0.1, 0.15) is 5.60 Å². The highest BCUT2D eigenvalue weighted by molar-refractivity contribution is 6.02. The molecule has 3 amide bonds. The van der Waals surface area contributed by atoms with E-state index in [1.54, 1.807) is 15.6 Å². The number of fused-ring (bicyclic) bond motifs is 1. The van der Waals surface area contributed by atoms with Crippen LogP contribution in [-0.2, 0) is 16.1 Å². The highest BCUT2D eigenvalue weighted by Crippen LogP contribution is 2.32. The van der Waals surface area contributed by atoms with Crippen LogP contribution in [0.3, 0.4) is 0 Å². The fourth-order valence-corrected chi connectivity index (χ4v) is 4.74. The number of hydrogen-bond donors (Lipinski definition) is 3. The monoisotopic (exact) mass is 549 g/mol. The van der Waals surface area contributed by atoms with E-state index in [0.29, 0.717) is 30.8 Å². The van der Waals surface area contributed by atoms with Crippen LogP contribution in [0.5, 0.6) is 0 Å². The highest BCUT2D eigenvalue weighted by Gasteiger charge is 2.37. The average Bonchev–Trinajstić information content (AvgIpc) is 3.51. The standard InChI is InChI=1S/C29H39N7O4/c1-7-18-14-35(28(39)40-29(4,5)6)16-23(18)34-25-22(26(30)37)13-33-36-15-20(10-24(25)36)19-8-9-21(31-11-19)12-32-27(38)17(2)3/h8-11,13,15,17-18,23,34H,7,12,14,16H2,1-6H3,(H2,30,37)(H,32,38)/t18-,23+/m0/s1. The maximum Gasteiger partial charge on any atom is 0.410 e. The lowest BCUT2D eigenvalue weighted by atomic mass is 10.00. The number of aromatic nitrogens is 3. The first kappa shape index (κ1) is 28.8. The van der Waals surface area contributed by atoms with Gasteiger partial charge in [-0.3, -0.25) is 14.6 Å². The van der Waals surface area contributed by atoms with Gasteiger partial charge >= 0.3 is 6.09 Å². The van der Waals surface area contributed by atoms with Crippen molar-refractivity contribution >= 4 is 29.1 Å². The van der Waals surface area contributed by atoms with Crippen molar-refractivity contribution in [2.45, 2.75) is 66.2 Å². The largest absolute Gasteiger partial charge is 0.444 e. The minimum atomic E-state index is -0.593. The third-order valence-corrected chi connectivity index (χ3v) is 6.98. The highest BCUT2D eigenvalue weighted by atomic mass is 16.6. The van der Waals surface area contributed by atoms with E-state index in [9.17, 15) is 14.4 Å². The van der Waals surface area contributed by atoms with Crippen LogP contribution in [0.25, 0.3) is 16.6 Å². The Bertz CT molecular complexity index is 1390. The van der Waals surface area contributed by atoms with Crippen LogP contribution >= 0.6 is 0 Å². The van der Waals surface area contributed by atoms with Crippen LogP contribution in [0.2, 0.25) is 0 Å². The smallest absolute Gasteiger partial charge is 0.410 e. The molecule has 2 atom stereocenters. The van der Waals surface area contributed by atoms with E-state index in [0.717, 1.165) is 23.2 Å². The third kappa shape index (κ3) is 6.52. The summed E-state index contributed by atoms with van der Waals surface area (Å²) in [6.07, 6.45) is 5.56. The van der Waals surface area contributed by atoms with Gasteiger partial charge in [0.15, 0.2) is 0 Å². The van der Waals surface area contributed by atoms with Crippen LogP contribution in [0.1, 0.15) is 64.0 Å². The molecule has 0 saturated carbocycles. The lowest BCUT2D eigenvalue weighted by Gasteiger charge is -2.24. The van der Waals surface area contributed by atoms with Crippen LogP contribution in [0.15, 0.2) is 36.8 Å². The summed E-state index contributed by atoms with van der Waals surface area (Å²) in [4.78, 5) is 43.2. The summed E-state index contributed by atoms with van der Waals surface area (Å²) < 4.78 is 7.28. The lowest BCUT2D eigenvalue weighted by Crippen LogP contribution is -2.36. The summed E-state index contributed by atoms with van der Waals surface area (Å²) in [7, 11) is 0. The van der Waals surface area contributed by atoms with E-state index in [4.69, 9.17) is 10.5 Å². The van der Waals surface area contributed by atoms with Gasteiger partial charge in [-0.2, -0.15) is 5.10 Å². The molecule has 0 aromatic carbocycles. The van der Waals surface area contributed by atoms with Gasteiger partial charge in [0.2, 0.25) is 5.91 Å². The molecular weight excluding hydrogens is 510 g/mol. The number of likely N-dealkylation sites (tertiary alicyclic amines) is 1. The number of rotatable bonds is 8. The zero-order valence-electron chi connectivity index (χ0n) is 24.0. The van der Waals surface area contributed by atoms with E-state index in [2.05, 4.69) is 27.6 Å². The molecule has 1 fully saturated rings. The summed E-state index contributed by atoms with van der Waals surface area (Å²) in [5.74, 6) is -0.554. The van der Waals surface area contributed by atoms with E-state index >= 15 is 0 Å². The Morgan fingerprint density at radius 1 is 1.15 bits per heavy atom. The molecule has 4 N–H and O–H groups in total. The molecule has 11 heteroatoms. The normalized spacial score (nSPS) is 17.3. The molecule has 11 nitrogen and oxygen atoms in total. The predicted octanol–water partition coefficient (Wildman–Crippen LogP) is 3.82. The molecule has 3 aromatic rings. The van der Waals surface area contributed by atoms with Gasteiger partial charge in [-0.15, -0.1) is 0 Å². The van der Waals surface area contributed by atoms with Crippen molar-refractivity contribution in [3.63, 3.8) is 0 Å². The molecule has 4 rings (SSSR count). The zero-order chi connectivity index (χ0) is 29.2. The van der Waals surface area contributed by atoms with Gasteiger partial charge < -0.3 is 26.0 Å². The molecule has 214 valence electrons. The summed E-state index contributed by atoms with van der Waals surface area (Å²) >= 11 is 0. The molecule has 0 unspecified atom stereocenters. The number of nitrogens with zero attached hydrogens (tertiary/aromatic N) is 4.